The van der Waals surface area contributed by atoms with E-state index < -0.39 is 0 Å². The normalized spacial score (nSPS) is 14.6. The number of hydrogen-bond donors (Lipinski definition) is 1. The first-order valence-corrected chi connectivity index (χ1v) is 4.64. The number of rotatable bonds is 1. The van der Waals surface area contributed by atoms with E-state index in [0.717, 1.165) is 11.3 Å². The summed E-state index contributed by atoms with van der Waals surface area (Å²) >= 11 is 0. The van der Waals surface area contributed by atoms with Crippen LogP contribution in [0.2, 0.25) is 0 Å². The van der Waals surface area contributed by atoms with Crippen LogP contribution in [0.3, 0.4) is 0 Å². The first kappa shape index (κ1) is 10.3. The third-order valence-electron chi connectivity index (χ3n) is 2.11. The van der Waals surface area contributed by atoms with Gasteiger partial charge in [-0.25, -0.2) is 0 Å². The van der Waals surface area contributed by atoms with Crippen molar-refractivity contribution in [2.24, 2.45) is 5.73 Å². The van der Waals surface area contributed by atoms with Gasteiger partial charge in [0.15, 0.2) is 0 Å². The van der Waals surface area contributed by atoms with Crippen molar-refractivity contribution >= 4 is 0 Å². The molecule has 1 heterocycles. The lowest BCUT2D eigenvalue weighted by atomic mass is 10.1. The van der Waals surface area contributed by atoms with E-state index in [1.165, 1.54) is 0 Å². The van der Waals surface area contributed by atoms with E-state index in [2.05, 4.69) is 25.9 Å². The second-order valence-electron chi connectivity index (χ2n) is 4.57. The Morgan fingerprint density at radius 2 is 2.00 bits per heavy atom. The summed E-state index contributed by atoms with van der Waals surface area (Å²) in [5.41, 5.74) is 8.02. The summed E-state index contributed by atoms with van der Waals surface area (Å²) in [7, 11) is 0. The van der Waals surface area contributed by atoms with Crippen LogP contribution in [0, 0.1) is 6.92 Å². The molecule has 0 aromatic carbocycles. The smallest absolute Gasteiger partial charge is 0.0641 e. The van der Waals surface area contributed by atoms with Gasteiger partial charge in [0.2, 0.25) is 0 Å². The molecule has 74 valence electrons. The van der Waals surface area contributed by atoms with Crippen molar-refractivity contribution in [2.45, 2.75) is 46.2 Å². The molecule has 0 aliphatic carbocycles. The number of aryl methyl sites for hydroxylation is 1. The van der Waals surface area contributed by atoms with Crippen LogP contribution in [-0.4, -0.2) is 9.78 Å². The SMILES string of the molecule is Cc1nn(C(C)(C)C)cc1[C@H](C)N. The summed E-state index contributed by atoms with van der Waals surface area (Å²) in [5.74, 6) is 0. The Kier molecular flexibility index (Phi) is 2.48. The van der Waals surface area contributed by atoms with Crippen molar-refractivity contribution in [2.75, 3.05) is 0 Å². The molecule has 13 heavy (non-hydrogen) atoms. The van der Waals surface area contributed by atoms with Crippen LogP contribution in [0.25, 0.3) is 0 Å². The minimum Gasteiger partial charge on any atom is -0.324 e. The summed E-state index contributed by atoms with van der Waals surface area (Å²) < 4.78 is 1.97. The van der Waals surface area contributed by atoms with Crippen molar-refractivity contribution in [1.29, 1.82) is 0 Å². The van der Waals surface area contributed by atoms with Gasteiger partial charge in [-0.1, -0.05) is 0 Å². The average Bonchev–Trinajstić information content (AvgIpc) is 2.29. The molecule has 2 N–H and O–H groups in total. The van der Waals surface area contributed by atoms with Crippen molar-refractivity contribution in [3.05, 3.63) is 17.5 Å². The van der Waals surface area contributed by atoms with Crippen LogP contribution < -0.4 is 5.73 Å². The third-order valence-corrected chi connectivity index (χ3v) is 2.11. The maximum atomic E-state index is 5.82. The number of aromatic nitrogens is 2. The van der Waals surface area contributed by atoms with Gasteiger partial charge < -0.3 is 5.73 Å². The fourth-order valence-corrected chi connectivity index (χ4v) is 1.26. The molecule has 0 bridgehead atoms. The van der Waals surface area contributed by atoms with E-state index in [9.17, 15) is 0 Å². The molecule has 0 saturated carbocycles. The van der Waals surface area contributed by atoms with Crippen LogP contribution in [0.4, 0.5) is 0 Å². The lowest BCUT2D eigenvalue weighted by molar-refractivity contribution is 0.354. The summed E-state index contributed by atoms with van der Waals surface area (Å²) in [5, 5.41) is 4.44. The van der Waals surface area contributed by atoms with E-state index in [4.69, 9.17) is 5.73 Å². The second kappa shape index (κ2) is 3.14. The van der Waals surface area contributed by atoms with Crippen LogP contribution in [-0.2, 0) is 5.54 Å². The Bertz CT molecular complexity index is 292. The Morgan fingerprint density at radius 3 is 2.23 bits per heavy atom. The number of nitrogens with two attached hydrogens (primary N) is 1. The standard InChI is InChI=1S/C10H19N3/c1-7(11)9-6-13(10(3,4)5)12-8(9)2/h6-7H,11H2,1-5H3/t7-/m0/s1. The number of hydrogen-bond acceptors (Lipinski definition) is 2. The zero-order valence-corrected chi connectivity index (χ0v) is 9.13. The van der Waals surface area contributed by atoms with Crippen molar-refractivity contribution in [3.8, 4) is 0 Å². The van der Waals surface area contributed by atoms with E-state index in [1.807, 2.05) is 24.7 Å². The zero-order valence-electron chi connectivity index (χ0n) is 9.13. The largest absolute Gasteiger partial charge is 0.324 e. The van der Waals surface area contributed by atoms with Crippen LogP contribution >= 0.6 is 0 Å². The highest BCUT2D eigenvalue weighted by molar-refractivity contribution is 5.19. The summed E-state index contributed by atoms with van der Waals surface area (Å²) in [6.07, 6.45) is 2.04. The lowest BCUT2D eigenvalue weighted by Gasteiger charge is -2.18. The van der Waals surface area contributed by atoms with Gasteiger partial charge in [-0.05, 0) is 34.6 Å². The van der Waals surface area contributed by atoms with Gasteiger partial charge >= 0.3 is 0 Å². The van der Waals surface area contributed by atoms with E-state index in [1.54, 1.807) is 0 Å². The molecule has 0 aliphatic heterocycles. The average molecular weight is 181 g/mol. The molecule has 0 aliphatic rings. The Labute approximate surface area is 79.9 Å². The summed E-state index contributed by atoms with van der Waals surface area (Å²) in [6.45, 7) is 10.4. The Morgan fingerprint density at radius 1 is 1.46 bits per heavy atom. The quantitative estimate of drug-likeness (QED) is 0.719. The molecule has 0 amide bonds. The third kappa shape index (κ3) is 2.10. The zero-order chi connectivity index (χ0) is 10.2. The molecule has 0 saturated heterocycles. The van der Waals surface area contributed by atoms with Gasteiger partial charge in [-0.15, -0.1) is 0 Å². The highest BCUT2D eigenvalue weighted by Crippen LogP contribution is 2.19. The summed E-state index contributed by atoms with van der Waals surface area (Å²) in [6, 6.07) is 0.0658. The van der Waals surface area contributed by atoms with E-state index in [-0.39, 0.29) is 11.6 Å². The maximum absolute atomic E-state index is 5.82. The first-order valence-electron chi connectivity index (χ1n) is 4.64. The predicted molar refractivity (Wildman–Crippen MR) is 54.6 cm³/mol. The van der Waals surface area contributed by atoms with Crippen molar-refractivity contribution < 1.29 is 0 Å². The molecule has 3 nitrogen and oxygen atoms in total. The minimum atomic E-state index is 0.0396. The second-order valence-corrected chi connectivity index (χ2v) is 4.57. The molecule has 1 aromatic rings. The van der Waals surface area contributed by atoms with Crippen molar-refractivity contribution in [3.63, 3.8) is 0 Å². The van der Waals surface area contributed by atoms with Gasteiger partial charge in [0, 0.05) is 17.8 Å². The molecule has 1 rings (SSSR count). The van der Waals surface area contributed by atoms with E-state index >= 15 is 0 Å². The van der Waals surface area contributed by atoms with Gasteiger partial charge in [-0.2, -0.15) is 5.10 Å². The van der Waals surface area contributed by atoms with Crippen LogP contribution in [0.1, 0.15) is 45.0 Å². The fourth-order valence-electron chi connectivity index (χ4n) is 1.26. The monoisotopic (exact) mass is 181 g/mol. The van der Waals surface area contributed by atoms with Gasteiger partial charge in [-0.3, -0.25) is 4.68 Å². The molecular weight excluding hydrogens is 162 g/mol. The lowest BCUT2D eigenvalue weighted by Crippen LogP contribution is -2.22. The first-order chi connectivity index (χ1) is 5.82. The molecule has 0 unspecified atom stereocenters. The number of nitrogens with zero attached hydrogens (tertiary/aromatic N) is 2. The minimum absolute atomic E-state index is 0.0396. The van der Waals surface area contributed by atoms with Gasteiger partial charge in [0.1, 0.15) is 0 Å². The Balaban J connectivity index is 3.10. The van der Waals surface area contributed by atoms with Gasteiger partial charge in [0.25, 0.3) is 0 Å². The topological polar surface area (TPSA) is 43.8 Å². The molecule has 0 fully saturated rings. The molecule has 1 atom stereocenters. The molecular formula is C10H19N3. The van der Waals surface area contributed by atoms with E-state index in [0.29, 0.717) is 0 Å². The molecule has 1 aromatic heterocycles. The Hall–Kier alpha value is -0.830. The molecule has 0 radical (unpaired) electrons. The predicted octanol–water partition coefficient (Wildman–Crippen LogP) is 1.97. The van der Waals surface area contributed by atoms with Gasteiger partial charge in [0.05, 0.1) is 11.2 Å². The highest BCUT2D eigenvalue weighted by atomic mass is 15.3. The fraction of sp³-hybridized carbons (Fsp3) is 0.700. The van der Waals surface area contributed by atoms with Crippen LogP contribution in [0.15, 0.2) is 6.20 Å². The highest BCUT2D eigenvalue weighted by Gasteiger charge is 2.17. The summed E-state index contributed by atoms with van der Waals surface area (Å²) in [4.78, 5) is 0. The molecule has 3 heteroatoms. The molecule has 0 spiro atoms. The maximum Gasteiger partial charge on any atom is 0.0641 e. The van der Waals surface area contributed by atoms with Crippen LogP contribution in [0.5, 0.6) is 0 Å². The van der Waals surface area contributed by atoms with Crippen molar-refractivity contribution in [1.82, 2.24) is 9.78 Å².